The fraction of sp³-hybridized carbons (Fsp3) is 0.500. The summed E-state index contributed by atoms with van der Waals surface area (Å²) in [5.41, 5.74) is 0. The number of nitrogens with one attached hydrogen (secondary N) is 1. The standard InChI is InChI=1S/C18H22F2N6O/c19-13-8-15(20)18(21-10-13)26-3-1-2-14(11-26)24-16-9-17(23-12-22-16)25-4-6-27-7-5-25/h8-10,12,14H,1-7,11H2,(H,22,23,24)/t14-/m1/s1. The summed E-state index contributed by atoms with van der Waals surface area (Å²) in [6.07, 6.45) is 4.43. The van der Waals surface area contributed by atoms with E-state index in [0.29, 0.717) is 26.3 Å². The molecule has 2 aromatic heterocycles. The van der Waals surface area contributed by atoms with Gasteiger partial charge in [-0.15, -0.1) is 0 Å². The van der Waals surface area contributed by atoms with Crippen LogP contribution < -0.4 is 15.1 Å². The molecule has 2 aromatic rings. The van der Waals surface area contributed by atoms with E-state index in [4.69, 9.17) is 4.74 Å². The molecule has 0 aromatic carbocycles. The third kappa shape index (κ3) is 4.24. The van der Waals surface area contributed by atoms with Gasteiger partial charge in [0.15, 0.2) is 11.6 Å². The van der Waals surface area contributed by atoms with Crippen LogP contribution in [0.3, 0.4) is 0 Å². The zero-order chi connectivity index (χ0) is 18.6. The van der Waals surface area contributed by atoms with Crippen molar-refractivity contribution >= 4 is 17.5 Å². The number of piperidine rings is 1. The first-order chi connectivity index (χ1) is 13.2. The summed E-state index contributed by atoms with van der Waals surface area (Å²) in [6, 6.07) is 2.90. The Morgan fingerprint density at radius 2 is 1.89 bits per heavy atom. The van der Waals surface area contributed by atoms with Crippen LogP contribution in [0.2, 0.25) is 0 Å². The Kier molecular flexibility index (Phi) is 5.28. The summed E-state index contributed by atoms with van der Waals surface area (Å²) in [5.74, 6) is 0.507. The molecular weight excluding hydrogens is 354 g/mol. The van der Waals surface area contributed by atoms with E-state index in [2.05, 4.69) is 25.2 Å². The number of rotatable bonds is 4. The van der Waals surface area contributed by atoms with Gasteiger partial charge in [-0.05, 0) is 12.8 Å². The van der Waals surface area contributed by atoms with Gasteiger partial charge in [-0.2, -0.15) is 0 Å². The predicted molar refractivity (Wildman–Crippen MR) is 98.1 cm³/mol. The van der Waals surface area contributed by atoms with Crippen molar-refractivity contribution in [1.82, 2.24) is 15.0 Å². The van der Waals surface area contributed by atoms with E-state index < -0.39 is 11.6 Å². The van der Waals surface area contributed by atoms with Crippen LogP contribution in [0.15, 0.2) is 24.7 Å². The van der Waals surface area contributed by atoms with Crippen molar-refractivity contribution in [2.45, 2.75) is 18.9 Å². The molecule has 0 unspecified atom stereocenters. The quantitative estimate of drug-likeness (QED) is 0.876. The maximum absolute atomic E-state index is 14.0. The molecule has 9 heteroatoms. The Morgan fingerprint density at radius 3 is 2.70 bits per heavy atom. The summed E-state index contributed by atoms with van der Waals surface area (Å²) in [4.78, 5) is 16.6. The van der Waals surface area contributed by atoms with Crippen LogP contribution in [-0.2, 0) is 4.74 Å². The third-order valence-corrected chi connectivity index (χ3v) is 4.85. The molecule has 0 bridgehead atoms. The van der Waals surface area contributed by atoms with E-state index in [1.807, 2.05) is 11.0 Å². The number of ether oxygens (including phenoxy) is 1. The molecule has 144 valence electrons. The highest BCUT2D eigenvalue weighted by atomic mass is 19.1. The van der Waals surface area contributed by atoms with Gasteiger partial charge in [0.1, 0.15) is 23.8 Å². The fourth-order valence-corrected chi connectivity index (χ4v) is 3.53. The summed E-state index contributed by atoms with van der Waals surface area (Å²) in [5, 5.41) is 3.42. The van der Waals surface area contributed by atoms with Gasteiger partial charge in [0.05, 0.1) is 19.4 Å². The third-order valence-electron chi connectivity index (χ3n) is 4.85. The van der Waals surface area contributed by atoms with Crippen molar-refractivity contribution < 1.29 is 13.5 Å². The zero-order valence-corrected chi connectivity index (χ0v) is 14.9. The largest absolute Gasteiger partial charge is 0.378 e. The Morgan fingerprint density at radius 1 is 1.04 bits per heavy atom. The molecule has 2 saturated heterocycles. The first-order valence-corrected chi connectivity index (χ1v) is 9.16. The molecule has 7 nitrogen and oxygen atoms in total. The first-order valence-electron chi connectivity index (χ1n) is 9.16. The smallest absolute Gasteiger partial charge is 0.168 e. The van der Waals surface area contributed by atoms with Crippen LogP contribution in [0.25, 0.3) is 0 Å². The highest BCUT2D eigenvalue weighted by Crippen LogP contribution is 2.23. The van der Waals surface area contributed by atoms with Gasteiger partial charge in [-0.1, -0.05) is 0 Å². The van der Waals surface area contributed by atoms with E-state index in [9.17, 15) is 8.78 Å². The van der Waals surface area contributed by atoms with Crippen LogP contribution in [0, 0.1) is 11.6 Å². The second kappa shape index (κ2) is 7.99. The number of hydrogen-bond donors (Lipinski definition) is 1. The SMILES string of the molecule is Fc1cnc(N2CCC[C@@H](Nc3cc(N4CCOCC4)ncn3)C2)c(F)c1. The second-order valence-electron chi connectivity index (χ2n) is 6.75. The van der Waals surface area contributed by atoms with Crippen molar-refractivity contribution in [3.05, 3.63) is 36.3 Å². The highest BCUT2D eigenvalue weighted by molar-refractivity contribution is 5.50. The van der Waals surface area contributed by atoms with Gasteiger partial charge in [0.25, 0.3) is 0 Å². The average molecular weight is 376 g/mol. The van der Waals surface area contributed by atoms with Crippen molar-refractivity contribution in [2.75, 3.05) is 54.5 Å². The van der Waals surface area contributed by atoms with Crippen LogP contribution in [-0.4, -0.2) is 60.4 Å². The summed E-state index contributed by atoms with van der Waals surface area (Å²) in [7, 11) is 0. The number of pyridine rings is 1. The van der Waals surface area contributed by atoms with E-state index >= 15 is 0 Å². The summed E-state index contributed by atoms with van der Waals surface area (Å²) >= 11 is 0. The maximum atomic E-state index is 14.0. The second-order valence-corrected chi connectivity index (χ2v) is 6.75. The Balaban J connectivity index is 1.43. The molecule has 2 aliphatic rings. The number of morpholine rings is 1. The summed E-state index contributed by atoms with van der Waals surface area (Å²) < 4.78 is 32.5. The van der Waals surface area contributed by atoms with Gasteiger partial charge in [-0.3, -0.25) is 0 Å². The molecule has 0 amide bonds. The Labute approximate surface area is 156 Å². The van der Waals surface area contributed by atoms with Gasteiger partial charge in [0, 0.05) is 44.4 Å². The molecule has 1 N–H and O–H groups in total. The summed E-state index contributed by atoms with van der Waals surface area (Å²) in [6.45, 7) is 4.27. The Bertz CT molecular complexity index is 786. The molecule has 2 fully saturated rings. The van der Waals surface area contributed by atoms with Crippen LogP contribution in [0.1, 0.15) is 12.8 Å². The van der Waals surface area contributed by atoms with Gasteiger partial charge >= 0.3 is 0 Å². The van der Waals surface area contributed by atoms with Gasteiger partial charge in [-0.25, -0.2) is 23.7 Å². The zero-order valence-electron chi connectivity index (χ0n) is 14.9. The van der Waals surface area contributed by atoms with Crippen molar-refractivity contribution in [3.8, 4) is 0 Å². The lowest BCUT2D eigenvalue weighted by Crippen LogP contribution is -2.43. The lowest BCUT2D eigenvalue weighted by Gasteiger charge is -2.34. The molecule has 0 saturated carbocycles. The normalized spacial score (nSPS) is 20.6. The molecule has 2 aliphatic heterocycles. The fourth-order valence-electron chi connectivity index (χ4n) is 3.53. The monoisotopic (exact) mass is 376 g/mol. The topological polar surface area (TPSA) is 66.4 Å². The minimum Gasteiger partial charge on any atom is -0.378 e. The molecule has 0 aliphatic carbocycles. The molecule has 4 rings (SSSR count). The molecule has 0 radical (unpaired) electrons. The number of aromatic nitrogens is 3. The predicted octanol–water partition coefficient (Wildman–Crippen LogP) is 2.07. The average Bonchev–Trinajstić information content (AvgIpc) is 2.69. The van der Waals surface area contributed by atoms with E-state index in [0.717, 1.165) is 49.8 Å². The minimum atomic E-state index is -0.667. The molecule has 4 heterocycles. The van der Waals surface area contributed by atoms with Crippen LogP contribution in [0.5, 0.6) is 0 Å². The highest BCUT2D eigenvalue weighted by Gasteiger charge is 2.24. The van der Waals surface area contributed by atoms with Gasteiger partial charge in [0.2, 0.25) is 0 Å². The van der Waals surface area contributed by atoms with E-state index in [1.54, 1.807) is 6.33 Å². The first kappa shape index (κ1) is 17.8. The van der Waals surface area contributed by atoms with Crippen LogP contribution in [0.4, 0.5) is 26.2 Å². The number of hydrogen-bond acceptors (Lipinski definition) is 7. The van der Waals surface area contributed by atoms with Crippen molar-refractivity contribution in [1.29, 1.82) is 0 Å². The van der Waals surface area contributed by atoms with Crippen molar-refractivity contribution in [2.24, 2.45) is 0 Å². The Hall–Kier alpha value is -2.55. The lowest BCUT2D eigenvalue weighted by atomic mass is 10.1. The van der Waals surface area contributed by atoms with Crippen molar-refractivity contribution in [3.63, 3.8) is 0 Å². The number of halogens is 2. The van der Waals surface area contributed by atoms with E-state index in [-0.39, 0.29) is 11.9 Å². The molecule has 1 atom stereocenters. The number of anilines is 3. The molecule has 27 heavy (non-hydrogen) atoms. The maximum Gasteiger partial charge on any atom is 0.168 e. The molecular formula is C18H22F2N6O. The van der Waals surface area contributed by atoms with Crippen LogP contribution >= 0.6 is 0 Å². The molecule has 0 spiro atoms. The van der Waals surface area contributed by atoms with E-state index in [1.165, 1.54) is 0 Å². The number of nitrogens with zero attached hydrogens (tertiary/aromatic N) is 5. The minimum absolute atomic E-state index is 0.0949. The lowest BCUT2D eigenvalue weighted by molar-refractivity contribution is 0.122. The van der Waals surface area contributed by atoms with Gasteiger partial charge < -0.3 is 19.9 Å².